The predicted molar refractivity (Wildman–Crippen MR) is 63.1 cm³/mol. The van der Waals surface area contributed by atoms with Crippen LogP contribution in [0.3, 0.4) is 0 Å². The van der Waals surface area contributed by atoms with E-state index in [1.165, 1.54) is 42.7 Å². The Kier molecular flexibility index (Phi) is 9.01. The zero-order valence-electron chi connectivity index (χ0n) is 10.8. The van der Waals surface area contributed by atoms with Crippen LogP contribution in [0.4, 0.5) is 0 Å². The van der Waals surface area contributed by atoms with Crippen LogP contribution in [0, 0.1) is 0 Å². The van der Waals surface area contributed by atoms with Crippen LogP contribution in [-0.2, 0) is 27.9 Å². The lowest BCUT2D eigenvalue weighted by Gasteiger charge is -2.26. The average molecular weight is 232 g/mol. The van der Waals surface area contributed by atoms with Crippen LogP contribution in [-0.4, -0.2) is 64.0 Å². The van der Waals surface area contributed by atoms with Gasteiger partial charge in [0.2, 0.25) is 0 Å². The Morgan fingerprint density at radius 2 is 0.688 bits per heavy atom. The first-order chi connectivity index (χ1) is 7.69. The average Bonchev–Trinajstić information content (AvgIpc) is 2.33. The van der Waals surface area contributed by atoms with Crippen molar-refractivity contribution in [1.29, 1.82) is 0 Å². The van der Waals surface area contributed by atoms with Crippen molar-refractivity contribution in [3.63, 3.8) is 0 Å². The smallest absolute Gasteiger partial charge is 0.414 e. The zero-order valence-corrected chi connectivity index (χ0v) is 10.8. The van der Waals surface area contributed by atoms with Crippen molar-refractivity contribution in [3.05, 3.63) is 0 Å². The maximum atomic E-state index is 5.19. The Hall–Kier alpha value is -0.0452. The summed E-state index contributed by atoms with van der Waals surface area (Å²) in [6.45, 7) is 0. The van der Waals surface area contributed by atoms with E-state index >= 15 is 0 Å². The molecule has 0 bridgehead atoms. The van der Waals surface area contributed by atoms with Gasteiger partial charge in [-0.15, -0.1) is 0 Å². The van der Waals surface area contributed by atoms with Crippen molar-refractivity contribution >= 4 is 21.4 Å². The summed E-state index contributed by atoms with van der Waals surface area (Å²) in [7, 11) is 7.56. The molecule has 0 heterocycles. The largest absolute Gasteiger partial charge is 0.455 e. The highest BCUT2D eigenvalue weighted by Gasteiger charge is 2.50. The third-order valence-corrected chi connectivity index (χ3v) is 2.34. The molecule has 0 unspecified atom stereocenters. The molecule has 0 atom stereocenters. The third kappa shape index (κ3) is 4.08. The first-order valence-electron chi connectivity index (χ1n) is 4.86. The van der Waals surface area contributed by atoms with E-state index in [-0.39, 0.29) is 5.62 Å². The summed E-state index contributed by atoms with van der Waals surface area (Å²) in [6, 6.07) is 0. The van der Waals surface area contributed by atoms with Crippen molar-refractivity contribution in [3.8, 4) is 0 Å². The van der Waals surface area contributed by atoms with Crippen molar-refractivity contribution < 1.29 is 27.9 Å². The molecule has 0 saturated carbocycles. The number of hydrogen-bond donors (Lipinski definition) is 0. The monoisotopic (exact) mass is 232 g/mol. The number of rotatable bonds is 9. The van der Waals surface area contributed by atoms with Crippen LogP contribution in [0.25, 0.3) is 0 Å². The molecule has 0 amide bonds. The molecule has 0 aromatic carbocycles. The lowest BCUT2D eigenvalue weighted by atomic mass is 9.36. The molecule has 6 nitrogen and oxygen atoms in total. The highest BCUT2D eigenvalue weighted by Crippen LogP contribution is 2.21. The normalized spacial score (nSPS) is 10.7. The van der Waals surface area contributed by atoms with Gasteiger partial charge in [-0.25, -0.2) is 0 Å². The van der Waals surface area contributed by atoms with Gasteiger partial charge in [-0.2, -0.15) is 0 Å². The van der Waals surface area contributed by atoms with Crippen molar-refractivity contribution in [2.24, 2.45) is 0 Å². The molecule has 0 fully saturated rings. The maximum absolute atomic E-state index is 5.19. The van der Waals surface area contributed by atoms with E-state index in [0.29, 0.717) is 0 Å². The van der Waals surface area contributed by atoms with Gasteiger partial charge in [-0.3, -0.25) is 0 Å². The summed E-state index contributed by atoms with van der Waals surface area (Å²) in [4.78, 5) is 0. The van der Waals surface area contributed by atoms with Gasteiger partial charge >= 0.3 is 21.4 Å². The van der Waals surface area contributed by atoms with Gasteiger partial charge in [0.15, 0.2) is 0 Å². The summed E-state index contributed by atoms with van der Waals surface area (Å²) in [5.74, 6) is 0. The Morgan fingerprint density at radius 1 is 0.500 bits per heavy atom. The van der Waals surface area contributed by atoms with Crippen LogP contribution in [0.2, 0.25) is 5.62 Å². The van der Waals surface area contributed by atoms with Crippen LogP contribution < -0.4 is 0 Å². The summed E-state index contributed by atoms with van der Waals surface area (Å²) >= 11 is 0. The van der Waals surface area contributed by atoms with Gasteiger partial charge in [0.25, 0.3) is 0 Å². The van der Waals surface area contributed by atoms with Crippen LogP contribution in [0.5, 0.6) is 0 Å². The van der Waals surface area contributed by atoms with Crippen LogP contribution in [0.1, 0.15) is 0 Å². The first kappa shape index (κ1) is 16.0. The van der Waals surface area contributed by atoms with Gasteiger partial charge in [0.05, 0.1) is 5.62 Å². The maximum Gasteiger partial charge on any atom is 0.455 e. The molecule has 0 aliphatic rings. The summed E-state index contributed by atoms with van der Waals surface area (Å²) in [6.07, 6.45) is 0. The first-order valence-corrected chi connectivity index (χ1v) is 4.86. The lowest BCUT2D eigenvalue weighted by Crippen LogP contribution is -2.49. The van der Waals surface area contributed by atoms with E-state index < -0.39 is 21.4 Å². The molecule has 92 valence electrons. The summed E-state index contributed by atoms with van der Waals surface area (Å²) < 4.78 is 31.1. The summed E-state index contributed by atoms with van der Waals surface area (Å²) in [5.41, 5.74) is -0.361. The van der Waals surface area contributed by atoms with Crippen molar-refractivity contribution in [2.75, 3.05) is 42.7 Å². The van der Waals surface area contributed by atoms with E-state index in [1.54, 1.807) is 0 Å². The van der Waals surface area contributed by atoms with Crippen molar-refractivity contribution in [2.45, 2.75) is 5.62 Å². The molecule has 0 saturated heterocycles. The SMILES string of the molecule is COB(OC)C(B(OC)OC)B(OC)OC. The molecule has 0 N–H and O–H groups in total. The van der Waals surface area contributed by atoms with Gasteiger partial charge in [0.1, 0.15) is 0 Å². The molecule has 0 aromatic heterocycles. The van der Waals surface area contributed by atoms with E-state index in [2.05, 4.69) is 0 Å². The van der Waals surface area contributed by atoms with E-state index in [4.69, 9.17) is 27.9 Å². The molecule has 9 heteroatoms. The minimum absolute atomic E-state index is 0.361. The second-order valence-electron chi connectivity index (χ2n) is 3.10. The molecular weight excluding hydrogens is 213 g/mol. The Labute approximate surface area is 98.3 Å². The highest BCUT2D eigenvalue weighted by atomic mass is 16.6. The Balaban J connectivity index is 4.84. The topological polar surface area (TPSA) is 55.4 Å². The quantitative estimate of drug-likeness (QED) is 0.512. The van der Waals surface area contributed by atoms with Gasteiger partial charge in [0, 0.05) is 42.7 Å². The fourth-order valence-electron chi connectivity index (χ4n) is 1.62. The minimum atomic E-state index is -0.546. The molecule has 0 aromatic rings. The second kappa shape index (κ2) is 9.03. The molecule has 0 radical (unpaired) electrons. The number of hydrogen-bond acceptors (Lipinski definition) is 6. The van der Waals surface area contributed by atoms with Crippen LogP contribution in [0.15, 0.2) is 0 Å². The van der Waals surface area contributed by atoms with Crippen LogP contribution >= 0.6 is 0 Å². The molecule has 0 aliphatic carbocycles. The summed E-state index contributed by atoms with van der Waals surface area (Å²) in [5, 5.41) is 0. The molecule has 16 heavy (non-hydrogen) atoms. The van der Waals surface area contributed by atoms with Gasteiger partial charge in [-0.1, -0.05) is 0 Å². The van der Waals surface area contributed by atoms with E-state index in [9.17, 15) is 0 Å². The standard InChI is InChI=1S/C7H19B3O6/c1-11-8(12-2)7(9(13-3)14-4)10(15-5)16-6/h7H,1-6H3. The van der Waals surface area contributed by atoms with E-state index in [0.717, 1.165) is 0 Å². The Bertz CT molecular complexity index is 134. The fraction of sp³-hybridized carbons (Fsp3) is 1.00. The van der Waals surface area contributed by atoms with E-state index in [1.807, 2.05) is 0 Å². The third-order valence-electron chi connectivity index (χ3n) is 2.34. The van der Waals surface area contributed by atoms with Crippen molar-refractivity contribution in [1.82, 2.24) is 0 Å². The molecule has 0 aliphatic heterocycles. The Morgan fingerprint density at radius 3 is 0.812 bits per heavy atom. The lowest BCUT2D eigenvalue weighted by molar-refractivity contribution is 0.227. The predicted octanol–water partition coefficient (Wildman–Crippen LogP) is -0.222. The fourth-order valence-corrected chi connectivity index (χ4v) is 1.62. The minimum Gasteiger partial charge on any atom is -0.414 e. The molecule has 0 spiro atoms. The highest BCUT2D eigenvalue weighted by molar-refractivity contribution is 6.84. The van der Waals surface area contributed by atoms with Gasteiger partial charge in [-0.05, 0) is 0 Å². The second-order valence-corrected chi connectivity index (χ2v) is 3.10. The van der Waals surface area contributed by atoms with Gasteiger partial charge < -0.3 is 27.9 Å². The zero-order chi connectivity index (χ0) is 12.6. The molecule has 0 rings (SSSR count). The molecular formula is C7H19B3O6.